The molecule has 0 saturated heterocycles. The van der Waals surface area contributed by atoms with Crippen LogP contribution in [0.3, 0.4) is 0 Å². The Bertz CT molecular complexity index is 448. The SMILES string of the molecule is C#CC(CCC)NC(=O)c1cccc(C)c1Br. The van der Waals surface area contributed by atoms with Gasteiger partial charge in [0.1, 0.15) is 0 Å². The molecule has 1 amide bonds. The van der Waals surface area contributed by atoms with E-state index >= 15 is 0 Å². The second kappa shape index (κ2) is 6.46. The molecule has 2 nitrogen and oxygen atoms in total. The molecule has 17 heavy (non-hydrogen) atoms. The quantitative estimate of drug-likeness (QED) is 0.848. The number of halogens is 1. The third kappa shape index (κ3) is 3.61. The monoisotopic (exact) mass is 293 g/mol. The highest BCUT2D eigenvalue weighted by atomic mass is 79.9. The average Bonchev–Trinajstić information content (AvgIpc) is 2.31. The maximum atomic E-state index is 12.0. The number of benzene rings is 1. The van der Waals surface area contributed by atoms with E-state index in [9.17, 15) is 4.79 Å². The van der Waals surface area contributed by atoms with Crippen molar-refractivity contribution in [3.8, 4) is 12.3 Å². The molecule has 3 heteroatoms. The molecule has 0 aliphatic rings. The van der Waals surface area contributed by atoms with Crippen molar-refractivity contribution in [2.24, 2.45) is 0 Å². The lowest BCUT2D eigenvalue weighted by molar-refractivity contribution is 0.0943. The molecule has 0 aliphatic carbocycles. The van der Waals surface area contributed by atoms with Crippen molar-refractivity contribution in [1.82, 2.24) is 5.32 Å². The lowest BCUT2D eigenvalue weighted by Crippen LogP contribution is -2.33. The first-order valence-electron chi connectivity index (χ1n) is 5.62. The summed E-state index contributed by atoms with van der Waals surface area (Å²) >= 11 is 3.42. The van der Waals surface area contributed by atoms with Crippen LogP contribution in [0.25, 0.3) is 0 Å². The maximum absolute atomic E-state index is 12.0. The van der Waals surface area contributed by atoms with Gasteiger partial charge in [-0.3, -0.25) is 4.79 Å². The Hall–Kier alpha value is -1.27. The molecule has 0 spiro atoms. The Labute approximate surface area is 111 Å². The standard InChI is InChI=1S/C14H16BrNO/c1-4-7-11(5-2)16-14(17)12-9-6-8-10(3)13(12)15/h2,6,8-9,11H,4,7H2,1,3H3,(H,16,17). The predicted octanol–water partition coefficient (Wildman–Crippen LogP) is 3.29. The molecule has 0 heterocycles. The van der Waals surface area contributed by atoms with Crippen molar-refractivity contribution in [2.45, 2.75) is 32.7 Å². The molecular weight excluding hydrogens is 278 g/mol. The number of nitrogens with one attached hydrogen (secondary N) is 1. The van der Waals surface area contributed by atoms with Gasteiger partial charge in [0.15, 0.2) is 0 Å². The lowest BCUT2D eigenvalue weighted by atomic mass is 10.1. The molecule has 0 radical (unpaired) electrons. The summed E-state index contributed by atoms with van der Waals surface area (Å²) in [5.41, 5.74) is 1.66. The van der Waals surface area contributed by atoms with Crippen molar-refractivity contribution in [1.29, 1.82) is 0 Å². The van der Waals surface area contributed by atoms with E-state index in [-0.39, 0.29) is 11.9 Å². The molecule has 90 valence electrons. The van der Waals surface area contributed by atoms with Crippen LogP contribution in [0.4, 0.5) is 0 Å². The summed E-state index contributed by atoms with van der Waals surface area (Å²) < 4.78 is 0.824. The van der Waals surface area contributed by atoms with Crippen LogP contribution in [-0.4, -0.2) is 11.9 Å². The normalized spacial score (nSPS) is 11.6. The highest BCUT2D eigenvalue weighted by Gasteiger charge is 2.14. The van der Waals surface area contributed by atoms with Gasteiger partial charge in [-0.2, -0.15) is 0 Å². The lowest BCUT2D eigenvalue weighted by Gasteiger charge is -2.13. The van der Waals surface area contributed by atoms with Crippen LogP contribution in [0.15, 0.2) is 22.7 Å². The number of hydrogen-bond donors (Lipinski definition) is 1. The molecule has 1 unspecified atom stereocenters. The van der Waals surface area contributed by atoms with E-state index in [1.807, 2.05) is 26.0 Å². The topological polar surface area (TPSA) is 29.1 Å². The number of rotatable bonds is 4. The van der Waals surface area contributed by atoms with Crippen molar-refractivity contribution >= 4 is 21.8 Å². The van der Waals surface area contributed by atoms with Gasteiger partial charge in [-0.05, 0) is 40.9 Å². The van der Waals surface area contributed by atoms with Crippen LogP contribution in [0.5, 0.6) is 0 Å². The van der Waals surface area contributed by atoms with E-state index < -0.39 is 0 Å². The summed E-state index contributed by atoms with van der Waals surface area (Å²) in [6.45, 7) is 3.99. The number of terminal acetylenes is 1. The van der Waals surface area contributed by atoms with Gasteiger partial charge in [0.2, 0.25) is 0 Å². The molecule has 0 saturated carbocycles. The molecule has 0 fully saturated rings. The van der Waals surface area contributed by atoms with Crippen molar-refractivity contribution < 1.29 is 4.79 Å². The first-order valence-corrected chi connectivity index (χ1v) is 6.41. The largest absolute Gasteiger partial charge is 0.338 e. The minimum absolute atomic E-state index is 0.128. The Morgan fingerprint density at radius 1 is 1.59 bits per heavy atom. The average molecular weight is 294 g/mol. The zero-order valence-electron chi connectivity index (χ0n) is 10.1. The van der Waals surface area contributed by atoms with Gasteiger partial charge in [-0.25, -0.2) is 0 Å². The summed E-state index contributed by atoms with van der Waals surface area (Å²) in [7, 11) is 0. The fourth-order valence-corrected chi connectivity index (χ4v) is 1.99. The van der Waals surface area contributed by atoms with Crippen LogP contribution < -0.4 is 5.32 Å². The second-order valence-electron chi connectivity index (χ2n) is 3.92. The molecule has 1 N–H and O–H groups in total. The fourth-order valence-electron chi connectivity index (χ4n) is 1.54. The van der Waals surface area contributed by atoms with E-state index in [1.165, 1.54) is 0 Å². The van der Waals surface area contributed by atoms with E-state index in [1.54, 1.807) is 6.07 Å². The van der Waals surface area contributed by atoms with Crippen molar-refractivity contribution in [3.05, 3.63) is 33.8 Å². The van der Waals surface area contributed by atoms with Gasteiger partial charge in [-0.1, -0.05) is 31.4 Å². The first-order chi connectivity index (χ1) is 8.10. The van der Waals surface area contributed by atoms with Crippen LogP contribution in [0.2, 0.25) is 0 Å². The number of amides is 1. The van der Waals surface area contributed by atoms with Gasteiger partial charge in [-0.15, -0.1) is 6.42 Å². The number of carbonyl (C=O) groups excluding carboxylic acids is 1. The highest BCUT2D eigenvalue weighted by molar-refractivity contribution is 9.10. The Balaban J connectivity index is 2.83. The third-order valence-electron chi connectivity index (χ3n) is 2.52. The molecule has 0 aromatic heterocycles. The Morgan fingerprint density at radius 3 is 2.88 bits per heavy atom. The number of carbonyl (C=O) groups is 1. The summed E-state index contributed by atoms with van der Waals surface area (Å²) in [6.07, 6.45) is 7.12. The van der Waals surface area contributed by atoms with Crippen LogP contribution in [-0.2, 0) is 0 Å². The third-order valence-corrected chi connectivity index (χ3v) is 3.57. The Morgan fingerprint density at radius 2 is 2.29 bits per heavy atom. The maximum Gasteiger partial charge on any atom is 0.253 e. The number of aryl methyl sites for hydroxylation is 1. The summed E-state index contributed by atoms with van der Waals surface area (Å²) in [5.74, 6) is 2.46. The summed E-state index contributed by atoms with van der Waals surface area (Å²) in [5, 5.41) is 2.85. The number of hydrogen-bond acceptors (Lipinski definition) is 1. The molecule has 1 rings (SSSR count). The summed E-state index contributed by atoms with van der Waals surface area (Å²) in [6, 6.07) is 5.40. The van der Waals surface area contributed by atoms with Gasteiger partial charge in [0.25, 0.3) is 5.91 Å². The van der Waals surface area contributed by atoms with E-state index in [0.29, 0.717) is 5.56 Å². The van der Waals surface area contributed by atoms with Gasteiger partial charge in [0.05, 0.1) is 11.6 Å². The van der Waals surface area contributed by atoms with E-state index in [0.717, 1.165) is 22.9 Å². The highest BCUT2D eigenvalue weighted by Crippen LogP contribution is 2.21. The molecule has 1 atom stereocenters. The zero-order chi connectivity index (χ0) is 12.8. The minimum Gasteiger partial charge on any atom is -0.338 e. The molecular formula is C14H16BrNO. The smallest absolute Gasteiger partial charge is 0.253 e. The molecule has 0 bridgehead atoms. The van der Waals surface area contributed by atoms with Crippen LogP contribution in [0, 0.1) is 19.3 Å². The van der Waals surface area contributed by atoms with Crippen molar-refractivity contribution in [3.63, 3.8) is 0 Å². The van der Waals surface area contributed by atoms with E-state index in [2.05, 4.69) is 27.2 Å². The molecule has 0 aliphatic heterocycles. The predicted molar refractivity (Wildman–Crippen MR) is 73.9 cm³/mol. The fraction of sp³-hybridized carbons (Fsp3) is 0.357. The van der Waals surface area contributed by atoms with Crippen LogP contribution >= 0.6 is 15.9 Å². The molecule has 1 aromatic rings. The minimum atomic E-state index is -0.195. The van der Waals surface area contributed by atoms with Crippen LogP contribution in [0.1, 0.15) is 35.7 Å². The van der Waals surface area contributed by atoms with E-state index in [4.69, 9.17) is 6.42 Å². The second-order valence-corrected chi connectivity index (χ2v) is 4.71. The molecule has 1 aromatic carbocycles. The zero-order valence-corrected chi connectivity index (χ0v) is 11.7. The summed E-state index contributed by atoms with van der Waals surface area (Å²) in [4.78, 5) is 12.0. The van der Waals surface area contributed by atoms with Crippen molar-refractivity contribution in [2.75, 3.05) is 0 Å². The van der Waals surface area contributed by atoms with Gasteiger partial charge < -0.3 is 5.32 Å². The van der Waals surface area contributed by atoms with Gasteiger partial charge >= 0.3 is 0 Å². The van der Waals surface area contributed by atoms with Gasteiger partial charge in [0, 0.05) is 4.47 Å². The first kappa shape index (κ1) is 13.8. The Kier molecular flexibility index (Phi) is 5.24.